The molecule has 0 fully saturated rings. The highest BCUT2D eigenvalue weighted by molar-refractivity contribution is 9.10. The van der Waals surface area contributed by atoms with Gasteiger partial charge < -0.3 is 9.15 Å². The Bertz CT molecular complexity index is 1510. The van der Waals surface area contributed by atoms with Gasteiger partial charge in [-0.3, -0.25) is 9.69 Å². The van der Waals surface area contributed by atoms with Crippen LogP contribution >= 0.6 is 15.9 Å². The number of benzene rings is 3. The number of rotatable bonds is 5. The van der Waals surface area contributed by atoms with E-state index in [4.69, 9.17) is 9.15 Å². The normalized spacial score (nSPS) is 14.3. The van der Waals surface area contributed by atoms with E-state index in [9.17, 15) is 9.59 Å². The van der Waals surface area contributed by atoms with Gasteiger partial charge in [0.2, 0.25) is 0 Å². The summed E-state index contributed by atoms with van der Waals surface area (Å²) in [7, 11) is 1.35. The topological polar surface area (TPSA) is 59.8 Å². The molecule has 1 aromatic heterocycles. The third kappa shape index (κ3) is 4.55. The van der Waals surface area contributed by atoms with E-state index in [1.54, 1.807) is 35.2 Å². The quantitative estimate of drug-likeness (QED) is 0.197. The first-order chi connectivity index (χ1) is 17.4. The number of anilines is 1. The number of esters is 1. The minimum Gasteiger partial charge on any atom is -0.465 e. The van der Waals surface area contributed by atoms with Crippen LogP contribution in [0.1, 0.15) is 27.2 Å². The summed E-state index contributed by atoms with van der Waals surface area (Å²) < 4.78 is 11.7. The first-order valence-electron chi connectivity index (χ1n) is 11.3. The predicted molar refractivity (Wildman–Crippen MR) is 144 cm³/mol. The van der Waals surface area contributed by atoms with Crippen molar-refractivity contribution in [1.29, 1.82) is 0 Å². The number of carbonyl (C=O) groups excluding carboxylic acids is 2. The summed E-state index contributed by atoms with van der Waals surface area (Å²) in [5, 5.41) is 0. The van der Waals surface area contributed by atoms with Crippen LogP contribution in [0.25, 0.3) is 23.1 Å². The van der Waals surface area contributed by atoms with Crippen LogP contribution < -0.4 is 4.90 Å². The molecule has 1 aliphatic heterocycles. The highest BCUT2D eigenvalue weighted by Gasteiger charge is 2.31. The van der Waals surface area contributed by atoms with Crippen molar-refractivity contribution in [3.05, 3.63) is 124 Å². The van der Waals surface area contributed by atoms with Crippen LogP contribution in [-0.4, -0.2) is 19.0 Å². The Balaban J connectivity index is 1.50. The van der Waals surface area contributed by atoms with Crippen molar-refractivity contribution in [2.24, 2.45) is 0 Å². The first kappa shape index (κ1) is 23.6. The molecule has 0 atom stereocenters. The van der Waals surface area contributed by atoms with Crippen LogP contribution in [0.3, 0.4) is 0 Å². The van der Waals surface area contributed by atoms with Gasteiger partial charge in [-0.15, -0.1) is 0 Å². The standard InChI is InChI=1S/C30H22BrNO4/c1-19-16-24(31)12-14-26(19)32-27(20-6-4-3-5-7-20)18-23(29(32)33)17-25-13-15-28(36-25)21-8-10-22(11-9-21)30(34)35-2/h3-18H,1-2H3/b23-17+. The lowest BCUT2D eigenvalue weighted by Crippen LogP contribution is -2.25. The van der Waals surface area contributed by atoms with Crippen LogP contribution in [0.15, 0.2) is 105 Å². The number of hydrogen-bond acceptors (Lipinski definition) is 4. The Labute approximate surface area is 217 Å². The van der Waals surface area contributed by atoms with Crippen molar-refractivity contribution in [2.45, 2.75) is 6.92 Å². The predicted octanol–water partition coefficient (Wildman–Crippen LogP) is 7.28. The van der Waals surface area contributed by atoms with Gasteiger partial charge in [-0.1, -0.05) is 58.4 Å². The third-order valence-electron chi connectivity index (χ3n) is 5.97. The minimum atomic E-state index is -0.391. The van der Waals surface area contributed by atoms with E-state index in [0.29, 0.717) is 22.7 Å². The molecule has 2 heterocycles. The van der Waals surface area contributed by atoms with E-state index < -0.39 is 5.97 Å². The minimum absolute atomic E-state index is 0.125. The van der Waals surface area contributed by atoms with Gasteiger partial charge in [0.05, 0.1) is 24.1 Å². The molecule has 0 radical (unpaired) electrons. The Morgan fingerprint density at radius 3 is 2.39 bits per heavy atom. The Morgan fingerprint density at radius 1 is 0.944 bits per heavy atom. The van der Waals surface area contributed by atoms with Crippen LogP contribution in [0.5, 0.6) is 0 Å². The number of amides is 1. The second kappa shape index (κ2) is 9.84. The highest BCUT2D eigenvalue weighted by Crippen LogP contribution is 2.38. The Morgan fingerprint density at radius 2 is 1.69 bits per heavy atom. The molecule has 4 aromatic rings. The second-order valence-electron chi connectivity index (χ2n) is 8.34. The average Bonchev–Trinajstić information content (AvgIpc) is 3.49. The molecule has 0 spiro atoms. The Kier molecular flexibility index (Phi) is 6.44. The first-order valence-corrected chi connectivity index (χ1v) is 12.1. The van der Waals surface area contributed by atoms with Crippen LogP contribution in [0.4, 0.5) is 5.69 Å². The van der Waals surface area contributed by atoms with Crippen molar-refractivity contribution in [3.8, 4) is 11.3 Å². The molecular formula is C30H22BrNO4. The molecule has 0 saturated carbocycles. The lowest BCUT2D eigenvalue weighted by molar-refractivity contribution is -0.113. The van der Waals surface area contributed by atoms with E-state index in [0.717, 1.165) is 32.5 Å². The fraction of sp³-hybridized carbons (Fsp3) is 0.0667. The Hall–Kier alpha value is -4.16. The van der Waals surface area contributed by atoms with E-state index in [1.165, 1.54) is 7.11 Å². The summed E-state index contributed by atoms with van der Waals surface area (Å²) in [6, 6.07) is 26.4. The zero-order chi connectivity index (χ0) is 25.2. The van der Waals surface area contributed by atoms with Gasteiger partial charge in [-0.05, 0) is 72.7 Å². The largest absolute Gasteiger partial charge is 0.465 e. The molecule has 5 rings (SSSR count). The summed E-state index contributed by atoms with van der Waals surface area (Å²) >= 11 is 3.51. The van der Waals surface area contributed by atoms with Crippen molar-refractivity contribution >= 4 is 45.3 Å². The molecule has 0 N–H and O–H groups in total. The van der Waals surface area contributed by atoms with Gasteiger partial charge in [0, 0.05) is 15.6 Å². The number of aryl methyl sites for hydroxylation is 1. The average molecular weight is 540 g/mol. The van der Waals surface area contributed by atoms with E-state index in [1.807, 2.05) is 73.7 Å². The SMILES string of the molecule is COC(=O)c1ccc(-c2ccc(/C=C3\C=C(c4ccccc4)N(c4ccc(Br)cc4C)C3=O)o2)cc1. The molecule has 0 unspecified atom stereocenters. The molecule has 0 saturated heterocycles. The van der Waals surface area contributed by atoms with Crippen molar-refractivity contribution in [1.82, 2.24) is 0 Å². The third-order valence-corrected chi connectivity index (χ3v) is 6.46. The maximum Gasteiger partial charge on any atom is 0.337 e. The summed E-state index contributed by atoms with van der Waals surface area (Å²) in [5.41, 5.74) is 5.37. The van der Waals surface area contributed by atoms with Gasteiger partial charge in [-0.25, -0.2) is 4.79 Å². The van der Waals surface area contributed by atoms with Crippen molar-refractivity contribution in [3.63, 3.8) is 0 Å². The summed E-state index contributed by atoms with van der Waals surface area (Å²) in [6.07, 6.45) is 3.65. The highest BCUT2D eigenvalue weighted by atomic mass is 79.9. The van der Waals surface area contributed by atoms with Gasteiger partial charge >= 0.3 is 5.97 Å². The van der Waals surface area contributed by atoms with Crippen molar-refractivity contribution in [2.75, 3.05) is 12.0 Å². The summed E-state index contributed by atoms with van der Waals surface area (Å²) in [5.74, 6) is 0.678. The number of hydrogen-bond donors (Lipinski definition) is 0. The zero-order valence-corrected chi connectivity index (χ0v) is 21.3. The maximum atomic E-state index is 13.6. The monoisotopic (exact) mass is 539 g/mol. The molecule has 5 nitrogen and oxygen atoms in total. The van der Waals surface area contributed by atoms with Gasteiger partial charge in [-0.2, -0.15) is 0 Å². The fourth-order valence-electron chi connectivity index (χ4n) is 4.17. The van der Waals surface area contributed by atoms with Gasteiger partial charge in [0.1, 0.15) is 11.5 Å². The van der Waals surface area contributed by atoms with Gasteiger partial charge in [0.25, 0.3) is 5.91 Å². The molecule has 36 heavy (non-hydrogen) atoms. The lowest BCUT2D eigenvalue weighted by Gasteiger charge is -2.23. The molecule has 1 amide bonds. The molecule has 6 heteroatoms. The number of carbonyl (C=O) groups is 2. The number of furan rings is 1. The number of ether oxygens (including phenoxy) is 1. The fourth-order valence-corrected chi connectivity index (χ4v) is 4.65. The number of nitrogens with zero attached hydrogens (tertiary/aromatic N) is 1. The number of halogens is 1. The van der Waals surface area contributed by atoms with E-state index in [-0.39, 0.29) is 5.91 Å². The second-order valence-corrected chi connectivity index (χ2v) is 9.25. The van der Waals surface area contributed by atoms with Gasteiger partial charge in [0.15, 0.2) is 0 Å². The molecule has 0 bridgehead atoms. The lowest BCUT2D eigenvalue weighted by atomic mass is 10.1. The molecular weight excluding hydrogens is 518 g/mol. The smallest absolute Gasteiger partial charge is 0.337 e. The van der Waals surface area contributed by atoms with Crippen LogP contribution in [-0.2, 0) is 9.53 Å². The van der Waals surface area contributed by atoms with Crippen LogP contribution in [0.2, 0.25) is 0 Å². The summed E-state index contributed by atoms with van der Waals surface area (Å²) in [4.78, 5) is 27.1. The molecule has 0 aliphatic carbocycles. The number of methoxy groups -OCH3 is 1. The molecule has 1 aliphatic rings. The maximum absolute atomic E-state index is 13.6. The zero-order valence-electron chi connectivity index (χ0n) is 19.7. The summed E-state index contributed by atoms with van der Waals surface area (Å²) in [6.45, 7) is 1.99. The molecule has 178 valence electrons. The van der Waals surface area contributed by atoms with Crippen LogP contribution in [0, 0.1) is 6.92 Å². The molecule has 3 aromatic carbocycles. The van der Waals surface area contributed by atoms with Crippen molar-refractivity contribution < 1.29 is 18.7 Å². The van der Waals surface area contributed by atoms with E-state index >= 15 is 0 Å². The van der Waals surface area contributed by atoms with E-state index in [2.05, 4.69) is 15.9 Å².